The van der Waals surface area contributed by atoms with E-state index in [1.165, 1.54) is 6.92 Å². The first-order valence-electron chi connectivity index (χ1n) is 3.79. The molecule has 0 aromatic carbocycles. The molecule has 0 aromatic rings. The van der Waals surface area contributed by atoms with Gasteiger partial charge in [-0.1, -0.05) is 0 Å². The number of aliphatic hydroxyl groups is 6. The Morgan fingerprint density at radius 1 is 0.846 bits per heavy atom. The summed E-state index contributed by atoms with van der Waals surface area (Å²) in [6.07, 6.45) is -7.95. The number of aliphatic hydroxyl groups excluding tert-OH is 6. The lowest BCUT2D eigenvalue weighted by molar-refractivity contribution is -0.129. The van der Waals surface area contributed by atoms with Crippen LogP contribution >= 0.6 is 0 Å². The Hall–Kier alpha value is -0.240. The molecule has 79 valence electrons. The van der Waals surface area contributed by atoms with Gasteiger partial charge >= 0.3 is 0 Å². The first-order chi connectivity index (χ1) is 5.91. The minimum atomic E-state index is -1.74. The second-order valence-electron chi connectivity index (χ2n) is 2.85. The van der Waals surface area contributed by atoms with Gasteiger partial charge in [-0.25, -0.2) is 0 Å². The first-order valence-corrected chi connectivity index (χ1v) is 3.79. The van der Waals surface area contributed by atoms with Crippen LogP contribution in [0.2, 0.25) is 0 Å². The van der Waals surface area contributed by atoms with Crippen molar-refractivity contribution in [1.29, 1.82) is 0 Å². The maximum atomic E-state index is 9.11. The Kier molecular flexibility index (Phi) is 5.38. The Morgan fingerprint density at radius 2 is 1.31 bits per heavy atom. The molecule has 0 saturated heterocycles. The molecule has 0 aromatic heterocycles. The summed E-state index contributed by atoms with van der Waals surface area (Å²) in [6, 6.07) is 0. The van der Waals surface area contributed by atoms with Crippen molar-refractivity contribution in [1.82, 2.24) is 0 Å². The predicted octanol–water partition coefficient (Wildman–Crippen LogP) is -2.65. The quantitative estimate of drug-likeness (QED) is 0.285. The molecular weight excluding hydrogens is 180 g/mol. The van der Waals surface area contributed by atoms with E-state index >= 15 is 0 Å². The molecule has 0 spiro atoms. The van der Waals surface area contributed by atoms with Gasteiger partial charge < -0.3 is 30.6 Å². The highest BCUT2D eigenvalue weighted by atomic mass is 16.4. The van der Waals surface area contributed by atoms with Gasteiger partial charge in [0, 0.05) is 0 Å². The van der Waals surface area contributed by atoms with Crippen LogP contribution in [0.4, 0.5) is 0 Å². The van der Waals surface area contributed by atoms with Crippen molar-refractivity contribution in [2.45, 2.75) is 37.4 Å². The molecule has 0 aliphatic carbocycles. The van der Waals surface area contributed by atoms with E-state index in [-0.39, 0.29) is 6.61 Å². The molecule has 0 amide bonds. The molecule has 13 heavy (non-hydrogen) atoms. The molecule has 5 atom stereocenters. The zero-order valence-corrected chi connectivity index (χ0v) is 7.15. The van der Waals surface area contributed by atoms with Crippen molar-refractivity contribution < 1.29 is 30.6 Å². The van der Waals surface area contributed by atoms with Gasteiger partial charge in [0.1, 0.15) is 31.0 Å². The van der Waals surface area contributed by atoms with E-state index in [2.05, 4.69) is 0 Å². The molecule has 6 nitrogen and oxygen atoms in total. The predicted molar refractivity (Wildman–Crippen MR) is 41.9 cm³/mol. The molecule has 1 radical (unpaired) electrons. The summed E-state index contributed by atoms with van der Waals surface area (Å²) in [7, 11) is 0. The SMILES string of the molecule is CC(O)C(O)C(O)C(O)C(O)[CH]O. The Balaban J connectivity index is 4.15. The lowest BCUT2D eigenvalue weighted by atomic mass is 10.0. The van der Waals surface area contributed by atoms with Crippen molar-refractivity contribution in [3.8, 4) is 0 Å². The van der Waals surface area contributed by atoms with Crippen LogP contribution in [0, 0.1) is 6.61 Å². The van der Waals surface area contributed by atoms with E-state index in [9.17, 15) is 0 Å². The zero-order chi connectivity index (χ0) is 10.6. The fourth-order valence-corrected chi connectivity index (χ4v) is 0.778. The largest absolute Gasteiger partial charge is 0.391 e. The monoisotopic (exact) mass is 195 g/mol. The zero-order valence-electron chi connectivity index (χ0n) is 7.15. The average molecular weight is 195 g/mol. The van der Waals surface area contributed by atoms with Crippen LogP contribution in [0.3, 0.4) is 0 Å². The van der Waals surface area contributed by atoms with Gasteiger partial charge in [-0.05, 0) is 6.92 Å². The van der Waals surface area contributed by atoms with Crippen LogP contribution in [-0.4, -0.2) is 61.2 Å². The Labute approximate surface area is 75.7 Å². The fourth-order valence-electron chi connectivity index (χ4n) is 0.778. The van der Waals surface area contributed by atoms with Crippen molar-refractivity contribution in [3.63, 3.8) is 0 Å². The van der Waals surface area contributed by atoms with Gasteiger partial charge in [0.25, 0.3) is 0 Å². The molecule has 6 N–H and O–H groups in total. The normalized spacial score (nSPS) is 23.3. The molecule has 6 heteroatoms. The van der Waals surface area contributed by atoms with E-state index in [0.717, 1.165) is 0 Å². The summed E-state index contributed by atoms with van der Waals surface area (Å²) < 4.78 is 0. The second kappa shape index (κ2) is 5.48. The minimum absolute atomic E-state index is 0.280. The summed E-state index contributed by atoms with van der Waals surface area (Å²) in [5, 5.41) is 53.1. The standard InChI is InChI=1S/C7H15O6/c1-3(9)5(11)7(13)6(12)4(10)2-8/h2-13H,1H3. The van der Waals surface area contributed by atoms with Crippen LogP contribution in [0.1, 0.15) is 6.92 Å². The van der Waals surface area contributed by atoms with Gasteiger partial charge in [-0.3, -0.25) is 0 Å². The maximum absolute atomic E-state index is 9.11. The third-order valence-electron chi connectivity index (χ3n) is 1.70. The third-order valence-corrected chi connectivity index (χ3v) is 1.70. The number of hydrogen-bond donors (Lipinski definition) is 6. The van der Waals surface area contributed by atoms with Crippen molar-refractivity contribution in [2.75, 3.05) is 0 Å². The van der Waals surface area contributed by atoms with Gasteiger partial charge in [0.2, 0.25) is 0 Å². The summed E-state index contributed by atoms with van der Waals surface area (Å²) in [6.45, 7) is 1.50. The van der Waals surface area contributed by atoms with E-state index in [1.54, 1.807) is 0 Å². The third kappa shape index (κ3) is 3.55. The molecule has 0 rings (SSSR count). The molecular formula is C7H15O6. The highest BCUT2D eigenvalue weighted by Gasteiger charge is 2.32. The fraction of sp³-hybridized carbons (Fsp3) is 0.857. The lowest BCUT2D eigenvalue weighted by Gasteiger charge is -2.26. The van der Waals surface area contributed by atoms with Crippen molar-refractivity contribution >= 4 is 0 Å². The summed E-state index contributed by atoms with van der Waals surface area (Å²) in [5.41, 5.74) is 0. The van der Waals surface area contributed by atoms with Crippen LogP contribution in [0.5, 0.6) is 0 Å². The van der Waals surface area contributed by atoms with Gasteiger partial charge in [0.15, 0.2) is 0 Å². The Bertz CT molecular complexity index is 139. The summed E-state index contributed by atoms with van der Waals surface area (Å²) in [4.78, 5) is 0. The highest BCUT2D eigenvalue weighted by Crippen LogP contribution is 2.08. The molecule has 0 saturated carbocycles. The lowest BCUT2D eigenvalue weighted by Crippen LogP contribution is -2.48. The smallest absolute Gasteiger partial charge is 0.111 e. The molecule has 0 aliphatic rings. The summed E-state index contributed by atoms with van der Waals surface area (Å²) >= 11 is 0. The molecule has 0 bridgehead atoms. The molecule has 5 unspecified atom stereocenters. The highest BCUT2D eigenvalue weighted by molar-refractivity contribution is 4.85. The van der Waals surface area contributed by atoms with Crippen molar-refractivity contribution in [2.24, 2.45) is 0 Å². The second-order valence-corrected chi connectivity index (χ2v) is 2.85. The average Bonchev–Trinajstić information content (AvgIpc) is 2.12. The van der Waals surface area contributed by atoms with E-state index < -0.39 is 30.5 Å². The van der Waals surface area contributed by atoms with Crippen LogP contribution in [0.25, 0.3) is 0 Å². The first kappa shape index (κ1) is 12.8. The topological polar surface area (TPSA) is 121 Å². The Morgan fingerprint density at radius 3 is 1.62 bits per heavy atom. The van der Waals surface area contributed by atoms with Crippen LogP contribution in [0.15, 0.2) is 0 Å². The molecule has 0 fully saturated rings. The van der Waals surface area contributed by atoms with Crippen LogP contribution < -0.4 is 0 Å². The van der Waals surface area contributed by atoms with Gasteiger partial charge in [-0.15, -0.1) is 0 Å². The van der Waals surface area contributed by atoms with Gasteiger partial charge in [0.05, 0.1) is 6.10 Å². The van der Waals surface area contributed by atoms with Crippen LogP contribution in [-0.2, 0) is 0 Å². The maximum Gasteiger partial charge on any atom is 0.111 e. The van der Waals surface area contributed by atoms with E-state index in [1.807, 2.05) is 0 Å². The number of rotatable bonds is 5. The molecule has 0 aliphatic heterocycles. The van der Waals surface area contributed by atoms with E-state index in [0.29, 0.717) is 0 Å². The number of hydrogen-bond acceptors (Lipinski definition) is 6. The van der Waals surface area contributed by atoms with Gasteiger partial charge in [-0.2, -0.15) is 0 Å². The minimum Gasteiger partial charge on any atom is -0.391 e. The summed E-state index contributed by atoms with van der Waals surface area (Å²) in [5.74, 6) is 0. The van der Waals surface area contributed by atoms with E-state index in [4.69, 9.17) is 30.6 Å². The molecule has 0 heterocycles. The van der Waals surface area contributed by atoms with Crippen molar-refractivity contribution in [3.05, 3.63) is 6.61 Å².